The minimum Gasteiger partial charge on any atom is -0.383 e. The van der Waals surface area contributed by atoms with Gasteiger partial charge in [0.15, 0.2) is 0 Å². The lowest BCUT2D eigenvalue weighted by atomic mass is 10.2. The highest BCUT2D eigenvalue weighted by Gasteiger charge is 2.10. The molecule has 0 radical (unpaired) electrons. The predicted molar refractivity (Wildman–Crippen MR) is 78.0 cm³/mol. The van der Waals surface area contributed by atoms with Gasteiger partial charge in [0.1, 0.15) is 23.3 Å². The Labute approximate surface area is 119 Å². The van der Waals surface area contributed by atoms with Crippen LogP contribution in [-0.4, -0.2) is 9.97 Å². The Bertz CT molecular complexity index is 643. The molecule has 0 saturated carbocycles. The second-order valence-electron chi connectivity index (χ2n) is 4.34. The van der Waals surface area contributed by atoms with Gasteiger partial charge in [0.25, 0.3) is 0 Å². The lowest BCUT2D eigenvalue weighted by Gasteiger charge is -2.13. The zero-order chi connectivity index (χ0) is 14.2. The molecule has 0 bridgehead atoms. The summed E-state index contributed by atoms with van der Waals surface area (Å²) in [7, 11) is 0. The maximum atomic E-state index is 13.6. The predicted octanol–water partition coefficient (Wildman–Crippen LogP) is 3.63. The highest BCUT2D eigenvalue weighted by atomic mass is 79.9. The fourth-order valence-corrected chi connectivity index (χ4v) is 2.14. The van der Waals surface area contributed by atoms with Gasteiger partial charge in [0.05, 0.1) is 4.47 Å². The van der Waals surface area contributed by atoms with Crippen molar-refractivity contribution in [3.05, 3.63) is 39.4 Å². The maximum Gasteiger partial charge on any atom is 0.139 e. The third-order valence-electron chi connectivity index (χ3n) is 2.82. The van der Waals surface area contributed by atoms with Gasteiger partial charge in [-0.2, -0.15) is 0 Å². The van der Waals surface area contributed by atoms with E-state index in [0.29, 0.717) is 27.6 Å². The van der Waals surface area contributed by atoms with Crippen molar-refractivity contribution in [2.24, 2.45) is 0 Å². The molecule has 0 aliphatic rings. The van der Waals surface area contributed by atoms with E-state index in [0.717, 1.165) is 11.1 Å². The first-order valence-electron chi connectivity index (χ1n) is 5.72. The fourth-order valence-electron chi connectivity index (χ4n) is 1.68. The topological polar surface area (TPSA) is 63.8 Å². The standard InChI is InChI=1S/C13H14BrFN4/c1-6-4-9(14)10(15)5-11(6)19-13-7(2)12(16)17-8(3)18-13/h4-5H,1-3H3,(H3,16,17,18,19). The van der Waals surface area contributed by atoms with Gasteiger partial charge >= 0.3 is 0 Å². The molecule has 0 aliphatic carbocycles. The third-order valence-corrected chi connectivity index (χ3v) is 3.42. The van der Waals surface area contributed by atoms with Gasteiger partial charge < -0.3 is 11.1 Å². The van der Waals surface area contributed by atoms with Crippen LogP contribution in [-0.2, 0) is 0 Å². The SMILES string of the molecule is Cc1nc(N)c(C)c(Nc2cc(F)c(Br)cc2C)n1. The number of aryl methyl sites for hydroxylation is 2. The third kappa shape index (κ3) is 2.84. The molecule has 0 amide bonds. The molecule has 100 valence electrons. The largest absolute Gasteiger partial charge is 0.383 e. The summed E-state index contributed by atoms with van der Waals surface area (Å²) in [4.78, 5) is 8.36. The summed E-state index contributed by atoms with van der Waals surface area (Å²) >= 11 is 3.15. The van der Waals surface area contributed by atoms with E-state index in [1.807, 2.05) is 13.8 Å². The first-order valence-corrected chi connectivity index (χ1v) is 6.51. The monoisotopic (exact) mass is 324 g/mol. The van der Waals surface area contributed by atoms with Crippen LogP contribution in [0.1, 0.15) is 17.0 Å². The molecule has 4 nitrogen and oxygen atoms in total. The van der Waals surface area contributed by atoms with Crippen LogP contribution in [0.4, 0.5) is 21.7 Å². The van der Waals surface area contributed by atoms with Gasteiger partial charge in [0.2, 0.25) is 0 Å². The van der Waals surface area contributed by atoms with E-state index >= 15 is 0 Å². The number of anilines is 3. The molecule has 1 aromatic carbocycles. The Morgan fingerprint density at radius 1 is 1.21 bits per heavy atom. The van der Waals surface area contributed by atoms with Crippen LogP contribution in [0, 0.1) is 26.6 Å². The number of nitrogens with two attached hydrogens (primary N) is 1. The number of rotatable bonds is 2. The van der Waals surface area contributed by atoms with E-state index < -0.39 is 0 Å². The quantitative estimate of drug-likeness (QED) is 0.885. The van der Waals surface area contributed by atoms with Crippen molar-refractivity contribution in [1.29, 1.82) is 0 Å². The zero-order valence-corrected chi connectivity index (χ0v) is 12.5. The highest BCUT2D eigenvalue weighted by Crippen LogP contribution is 2.28. The molecule has 2 aromatic rings. The average molecular weight is 325 g/mol. The molecule has 19 heavy (non-hydrogen) atoms. The smallest absolute Gasteiger partial charge is 0.139 e. The second kappa shape index (κ2) is 5.13. The van der Waals surface area contributed by atoms with Gasteiger partial charge in [-0.25, -0.2) is 14.4 Å². The number of halogens is 2. The van der Waals surface area contributed by atoms with Crippen molar-refractivity contribution < 1.29 is 4.39 Å². The van der Waals surface area contributed by atoms with Crippen molar-refractivity contribution in [3.63, 3.8) is 0 Å². The summed E-state index contributed by atoms with van der Waals surface area (Å²) in [6, 6.07) is 3.14. The summed E-state index contributed by atoms with van der Waals surface area (Å²) in [5, 5.41) is 3.10. The minimum atomic E-state index is -0.329. The Balaban J connectivity index is 2.44. The second-order valence-corrected chi connectivity index (χ2v) is 5.19. The van der Waals surface area contributed by atoms with E-state index in [9.17, 15) is 4.39 Å². The number of benzene rings is 1. The molecule has 1 heterocycles. The number of nitrogens with zero attached hydrogens (tertiary/aromatic N) is 2. The van der Waals surface area contributed by atoms with Gasteiger partial charge in [-0.1, -0.05) is 0 Å². The van der Waals surface area contributed by atoms with Crippen LogP contribution < -0.4 is 11.1 Å². The van der Waals surface area contributed by atoms with Crippen molar-refractivity contribution in [1.82, 2.24) is 9.97 Å². The molecule has 0 saturated heterocycles. The molecular weight excluding hydrogens is 311 g/mol. The first-order chi connectivity index (χ1) is 8.88. The van der Waals surface area contributed by atoms with E-state index in [1.165, 1.54) is 6.07 Å². The van der Waals surface area contributed by atoms with Gasteiger partial charge in [-0.3, -0.25) is 0 Å². The van der Waals surface area contributed by atoms with Crippen LogP contribution in [0.5, 0.6) is 0 Å². The van der Waals surface area contributed by atoms with Crippen LogP contribution in [0.15, 0.2) is 16.6 Å². The molecule has 0 unspecified atom stereocenters. The number of nitrogens with one attached hydrogen (secondary N) is 1. The van der Waals surface area contributed by atoms with E-state index in [-0.39, 0.29) is 5.82 Å². The summed E-state index contributed by atoms with van der Waals surface area (Å²) in [5.74, 6) is 1.25. The molecule has 0 spiro atoms. The Morgan fingerprint density at radius 2 is 1.89 bits per heavy atom. The first kappa shape index (κ1) is 13.7. The van der Waals surface area contributed by atoms with Gasteiger partial charge in [-0.05, 0) is 54.4 Å². The lowest BCUT2D eigenvalue weighted by Crippen LogP contribution is -2.05. The summed E-state index contributed by atoms with van der Waals surface area (Å²) in [6.07, 6.45) is 0. The van der Waals surface area contributed by atoms with Gasteiger partial charge in [-0.15, -0.1) is 0 Å². The summed E-state index contributed by atoms with van der Waals surface area (Å²) in [5.41, 5.74) is 8.10. The normalized spacial score (nSPS) is 10.6. The van der Waals surface area contributed by atoms with Crippen molar-refractivity contribution >= 4 is 33.3 Å². The number of hydrogen-bond donors (Lipinski definition) is 2. The summed E-state index contributed by atoms with van der Waals surface area (Å²) in [6.45, 7) is 5.47. The molecule has 2 rings (SSSR count). The Kier molecular flexibility index (Phi) is 3.71. The van der Waals surface area contributed by atoms with E-state index in [4.69, 9.17) is 5.73 Å². The molecular formula is C13H14BrFN4. The van der Waals surface area contributed by atoms with Gasteiger partial charge in [0, 0.05) is 11.3 Å². The van der Waals surface area contributed by atoms with Crippen molar-refractivity contribution in [2.75, 3.05) is 11.1 Å². The van der Waals surface area contributed by atoms with E-state index in [2.05, 4.69) is 31.2 Å². The lowest BCUT2D eigenvalue weighted by molar-refractivity contribution is 0.621. The van der Waals surface area contributed by atoms with Crippen LogP contribution >= 0.6 is 15.9 Å². The highest BCUT2D eigenvalue weighted by molar-refractivity contribution is 9.10. The minimum absolute atomic E-state index is 0.329. The van der Waals surface area contributed by atoms with Crippen molar-refractivity contribution in [2.45, 2.75) is 20.8 Å². The Morgan fingerprint density at radius 3 is 2.58 bits per heavy atom. The van der Waals surface area contributed by atoms with Crippen LogP contribution in [0.3, 0.4) is 0 Å². The molecule has 6 heteroatoms. The maximum absolute atomic E-state index is 13.6. The number of aromatic nitrogens is 2. The average Bonchev–Trinajstić information content (AvgIpc) is 2.32. The van der Waals surface area contributed by atoms with Crippen LogP contribution in [0.25, 0.3) is 0 Å². The Hall–Kier alpha value is -1.69. The molecule has 1 aromatic heterocycles. The van der Waals surface area contributed by atoms with E-state index in [1.54, 1.807) is 13.0 Å². The zero-order valence-electron chi connectivity index (χ0n) is 10.9. The molecule has 0 atom stereocenters. The number of nitrogen functional groups attached to an aromatic ring is 1. The molecule has 0 aliphatic heterocycles. The fraction of sp³-hybridized carbons (Fsp3) is 0.231. The van der Waals surface area contributed by atoms with Crippen LogP contribution in [0.2, 0.25) is 0 Å². The molecule has 0 fully saturated rings. The molecule has 3 N–H and O–H groups in total. The number of hydrogen-bond acceptors (Lipinski definition) is 4. The van der Waals surface area contributed by atoms with Crippen molar-refractivity contribution in [3.8, 4) is 0 Å². The summed E-state index contributed by atoms with van der Waals surface area (Å²) < 4.78 is 14.0.